The number of halogens is 1. The molecule has 1 aromatic carbocycles. The molecule has 0 aliphatic carbocycles. The molecule has 0 saturated carbocycles. The van der Waals surface area contributed by atoms with E-state index in [2.05, 4.69) is 0 Å². The van der Waals surface area contributed by atoms with Gasteiger partial charge in [0.2, 0.25) is 0 Å². The molecule has 0 radical (unpaired) electrons. The van der Waals surface area contributed by atoms with Crippen molar-refractivity contribution in [2.24, 2.45) is 5.73 Å². The van der Waals surface area contributed by atoms with Crippen LogP contribution in [0.2, 0.25) is 0 Å². The van der Waals surface area contributed by atoms with E-state index in [1.807, 2.05) is 6.07 Å². The second kappa shape index (κ2) is 3.18. The Morgan fingerprint density at radius 3 is 3.00 bits per heavy atom. The molecule has 0 bridgehead atoms. The molecule has 0 fully saturated rings. The van der Waals surface area contributed by atoms with Gasteiger partial charge in [0, 0.05) is 11.9 Å². The molecule has 2 N–H and O–H groups in total. The summed E-state index contributed by atoms with van der Waals surface area (Å²) in [6, 6.07) is 7.02. The number of hydrogen-bond donors (Lipinski definition) is 1. The van der Waals surface area contributed by atoms with Gasteiger partial charge in [-0.25, -0.2) is 4.39 Å². The summed E-state index contributed by atoms with van der Waals surface area (Å²) in [5, 5.41) is 0.911. The Bertz CT molecular complexity index is 410. The predicted octanol–water partition coefficient (Wildman–Crippen LogP) is 2.40. The van der Waals surface area contributed by atoms with E-state index in [1.165, 1.54) is 0 Å². The lowest BCUT2D eigenvalue weighted by Gasteiger charge is -2.04. The molecule has 1 aromatic heterocycles. The van der Waals surface area contributed by atoms with Crippen LogP contribution in [0, 0.1) is 0 Å². The zero-order valence-electron chi connectivity index (χ0n) is 7.03. The lowest BCUT2D eigenvalue weighted by atomic mass is 10.1. The summed E-state index contributed by atoms with van der Waals surface area (Å²) in [6.45, 7) is 0.0172. The predicted molar refractivity (Wildman–Crippen MR) is 49.1 cm³/mol. The van der Waals surface area contributed by atoms with Crippen molar-refractivity contribution in [1.82, 2.24) is 0 Å². The summed E-state index contributed by atoms with van der Waals surface area (Å²) in [6.07, 6.45) is 0.503. The maximum absolute atomic E-state index is 13.1. The molecule has 1 atom stereocenters. The van der Waals surface area contributed by atoms with Gasteiger partial charge in [-0.3, -0.25) is 0 Å². The van der Waals surface area contributed by atoms with Gasteiger partial charge in [-0.2, -0.15) is 0 Å². The minimum atomic E-state index is -1.08. The topological polar surface area (TPSA) is 39.2 Å². The number of rotatable bonds is 2. The van der Waals surface area contributed by atoms with E-state index in [1.54, 1.807) is 24.5 Å². The molecule has 2 rings (SSSR count). The van der Waals surface area contributed by atoms with Gasteiger partial charge in [0.15, 0.2) is 0 Å². The number of fused-ring (bicyclic) bond motifs is 1. The second-order valence-corrected chi connectivity index (χ2v) is 2.92. The molecule has 0 spiro atoms. The molecule has 13 heavy (non-hydrogen) atoms. The van der Waals surface area contributed by atoms with E-state index in [0.29, 0.717) is 5.56 Å². The second-order valence-electron chi connectivity index (χ2n) is 2.92. The fraction of sp³-hybridized carbons (Fsp3) is 0.200. The van der Waals surface area contributed by atoms with E-state index < -0.39 is 6.17 Å². The van der Waals surface area contributed by atoms with Crippen molar-refractivity contribution < 1.29 is 8.81 Å². The summed E-state index contributed by atoms with van der Waals surface area (Å²) in [5.41, 5.74) is 6.60. The number of alkyl halides is 1. The lowest BCUT2D eigenvalue weighted by Crippen LogP contribution is -2.07. The monoisotopic (exact) mass is 179 g/mol. The first-order valence-electron chi connectivity index (χ1n) is 4.12. The molecule has 68 valence electrons. The third kappa shape index (κ3) is 1.42. The summed E-state index contributed by atoms with van der Waals surface area (Å²) in [4.78, 5) is 0. The van der Waals surface area contributed by atoms with Crippen LogP contribution in [-0.2, 0) is 0 Å². The first-order chi connectivity index (χ1) is 6.31. The van der Waals surface area contributed by atoms with Crippen LogP contribution in [0.4, 0.5) is 4.39 Å². The van der Waals surface area contributed by atoms with Crippen LogP contribution < -0.4 is 5.73 Å². The molecule has 3 heteroatoms. The average molecular weight is 179 g/mol. The first kappa shape index (κ1) is 8.26. The van der Waals surface area contributed by atoms with Crippen molar-refractivity contribution in [2.75, 3.05) is 6.54 Å². The van der Waals surface area contributed by atoms with Gasteiger partial charge in [-0.1, -0.05) is 6.07 Å². The zero-order valence-corrected chi connectivity index (χ0v) is 7.03. The van der Waals surface area contributed by atoms with Crippen molar-refractivity contribution in [3.05, 3.63) is 36.1 Å². The molecule has 1 heterocycles. The molecule has 0 saturated heterocycles. The van der Waals surface area contributed by atoms with Crippen molar-refractivity contribution in [3.8, 4) is 0 Å². The molecule has 0 amide bonds. The number of benzene rings is 1. The van der Waals surface area contributed by atoms with E-state index in [4.69, 9.17) is 10.2 Å². The van der Waals surface area contributed by atoms with Gasteiger partial charge in [0.05, 0.1) is 6.26 Å². The van der Waals surface area contributed by atoms with Gasteiger partial charge in [-0.05, 0) is 23.8 Å². The van der Waals surface area contributed by atoms with Crippen LogP contribution in [0.3, 0.4) is 0 Å². The molecule has 2 nitrogen and oxygen atoms in total. The third-order valence-electron chi connectivity index (χ3n) is 2.05. The van der Waals surface area contributed by atoms with Crippen LogP contribution in [-0.4, -0.2) is 6.54 Å². The molecule has 0 aliphatic rings. The van der Waals surface area contributed by atoms with Crippen LogP contribution >= 0.6 is 0 Å². The Hall–Kier alpha value is -1.35. The fourth-order valence-corrected chi connectivity index (χ4v) is 1.32. The minimum absolute atomic E-state index is 0.0172. The zero-order chi connectivity index (χ0) is 9.26. The van der Waals surface area contributed by atoms with Gasteiger partial charge < -0.3 is 10.2 Å². The molecular weight excluding hydrogens is 169 g/mol. The van der Waals surface area contributed by atoms with E-state index in [-0.39, 0.29) is 6.54 Å². The Kier molecular flexibility index (Phi) is 2.02. The SMILES string of the molecule is NCC(F)c1ccc2occc2c1. The fourth-order valence-electron chi connectivity index (χ4n) is 1.32. The molecular formula is C10H10FNO. The van der Waals surface area contributed by atoms with Gasteiger partial charge in [-0.15, -0.1) is 0 Å². The normalized spacial score (nSPS) is 13.4. The maximum Gasteiger partial charge on any atom is 0.137 e. The Balaban J connectivity index is 2.48. The number of furan rings is 1. The third-order valence-corrected chi connectivity index (χ3v) is 2.05. The highest BCUT2D eigenvalue weighted by Gasteiger charge is 2.08. The Morgan fingerprint density at radius 2 is 2.23 bits per heavy atom. The average Bonchev–Trinajstić information content (AvgIpc) is 2.63. The summed E-state index contributed by atoms with van der Waals surface area (Å²) in [5.74, 6) is 0. The highest BCUT2D eigenvalue weighted by atomic mass is 19.1. The summed E-state index contributed by atoms with van der Waals surface area (Å²) in [7, 11) is 0. The first-order valence-corrected chi connectivity index (χ1v) is 4.12. The van der Waals surface area contributed by atoms with Crippen molar-refractivity contribution in [2.45, 2.75) is 6.17 Å². The van der Waals surface area contributed by atoms with Crippen molar-refractivity contribution >= 4 is 11.0 Å². The van der Waals surface area contributed by atoms with Crippen molar-refractivity contribution in [3.63, 3.8) is 0 Å². The molecule has 1 unspecified atom stereocenters. The van der Waals surface area contributed by atoms with Crippen LogP contribution in [0.25, 0.3) is 11.0 Å². The standard InChI is InChI=1S/C10H10FNO/c11-9(6-12)7-1-2-10-8(5-7)3-4-13-10/h1-5,9H,6,12H2. The number of hydrogen-bond acceptors (Lipinski definition) is 2. The van der Waals surface area contributed by atoms with Gasteiger partial charge in [0.25, 0.3) is 0 Å². The Morgan fingerprint density at radius 1 is 1.38 bits per heavy atom. The largest absolute Gasteiger partial charge is 0.464 e. The van der Waals surface area contributed by atoms with E-state index in [0.717, 1.165) is 11.0 Å². The Labute approximate surface area is 75.1 Å². The van der Waals surface area contributed by atoms with Crippen LogP contribution in [0.5, 0.6) is 0 Å². The lowest BCUT2D eigenvalue weighted by molar-refractivity contribution is 0.353. The van der Waals surface area contributed by atoms with E-state index in [9.17, 15) is 4.39 Å². The summed E-state index contributed by atoms with van der Waals surface area (Å²) < 4.78 is 18.3. The quantitative estimate of drug-likeness (QED) is 0.768. The highest BCUT2D eigenvalue weighted by molar-refractivity contribution is 5.77. The van der Waals surface area contributed by atoms with Crippen LogP contribution in [0.15, 0.2) is 34.9 Å². The van der Waals surface area contributed by atoms with Gasteiger partial charge in [0.1, 0.15) is 11.8 Å². The highest BCUT2D eigenvalue weighted by Crippen LogP contribution is 2.22. The molecule has 2 aromatic rings. The molecule has 0 aliphatic heterocycles. The minimum Gasteiger partial charge on any atom is -0.464 e. The number of nitrogens with two attached hydrogens (primary N) is 1. The summed E-state index contributed by atoms with van der Waals surface area (Å²) >= 11 is 0. The van der Waals surface area contributed by atoms with E-state index >= 15 is 0 Å². The van der Waals surface area contributed by atoms with Crippen molar-refractivity contribution in [1.29, 1.82) is 0 Å². The maximum atomic E-state index is 13.1. The van der Waals surface area contributed by atoms with Gasteiger partial charge >= 0.3 is 0 Å². The smallest absolute Gasteiger partial charge is 0.137 e. The van der Waals surface area contributed by atoms with Crippen LogP contribution in [0.1, 0.15) is 11.7 Å².